The van der Waals surface area contributed by atoms with Crippen molar-refractivity contribution >= 4 is 11.3 Å². The first-order valence-electron chi connectivity index (χ1n) is 6.81. The third kappa shape index (κ3) is 4.69. The summed E-state index contributed by atoms with van der Waals surface area (Å²) in [7, 11) is 1.75. The first-order valence-corrected chi connectivity index (χ1v) is 7.76. The van der Waals surface area contributed by atoms with E-state index in [0.29, 0.717) is 0 Å². The maximum Gasteiger partial charge on any atom is 0.0587 e. The van der Waals surface area contributed by atoms with Crippen molar-refractivity contribution in [1.29, 1.82) is 0 Å². The highest BCUT2D eigenvalue weighted by molar-refractivity contribution is 7.07. The van der Waals surface area contributed by atoms with Crippen LogP contribution in [0.2, 0.25) is 0 Å². The first-order chi connectivity index (χ1) is 8.88. The Hall–Kier alpha value is -0.420. The lowest BCUT2D eigenvalue weighted by molar-refractivity contribution is 0.168. The number of thiophene rings is 1. The Labute approximate surface area is 114 Å². The van der Waals surface area contributed by atoms with E-state index >= 15 is 0 Å². The van der Waals surface area contributed by atoms with Crippen LogP contribution in [0.25, 0.3) is 0 Å². The number of hydrogen-bond donors (Lipinski definition) is 1. The number of methoxy groups -OCH3 is 1. The second-order valence-electron chi connectivity index (χ2n) is 5.05. The molecule has 1 aliphatic rings. The Morgan fingerprint density at radius 2 is 2.28 bits per heavy atom. The summed E-state index contributed by atoms with van der Waals surface area (Å²) in [5, 5.41) is 7.91. The van der Waals surface area contributed by atoms with Gasteiger partial charge in [0.25, 0.3) is 0 Å². The highest BCUT2D eigenvalue weighted by Crippen LogP contribution is 2.19. The second kappa shape index (κ2) is 7.89. The molecule has 3 nitrogen and oxygen atoms in total. The van der Waals surface area contributed by atoms with Crippen molar-refractivity contribution in [2.45, 2.75) is 19.4 Å². The molecule has 0 spiro atoms. The third-order valence-corrected chi connectivity index (χ3v) is 4.34. The van der Waals surface area contributed by atoms with Crippen LogP contribution in [0, 0.1) is 5.92 Å². The van der Waals surface area contributed by atoms with Crippen LogP contribution >= 0.6 is 11.3 Å². The van der Waals surface area contributed by atoms with Crippen LogP contribution in [-0.2, 0) is 11.3 Å². The standard InChI is InChI=1S/C14H24N2OS/c1-17-8-5-15-10-13-2-6-16(7-3-13)11-14-4-9-18-12-14/h4,9,12-13,15H,2-3,5-8,10-11H2,1H3. The minimum absolute atomic E-state index is 0.816. The lowest BCUT2D eigenvalue weighted by Gasteiger charge is -2.31. The molecule has 18 heavy (non-hydrogen) atoms. The summed E-state index contributed by atoms with van der Waals surface area (Å²) in [5.74, 6) is 0.848. The molecule has 1 saturated heterocycles. The molecule has 1 N–H and O–H groups in total. The Balaban J connectivity index is 1.59. The summed E-state index contributed by atoms with van der Waals surface area (Å²) in [4.78, 5) is 2.58. The monoisotopic (exact) mass is 268 g/mol. The number of rotatable bonds is 7. The van der Waals surface area contributed by atoms with Crippen LogP contribution in [0.3, 0.4) is 0 Å². The minimum atomic E-state index is 0.816. The normalized spacial score (nSPS) is 18.3. The molecule has 2 rings (SSSR count). The molecule has 0 aliphatic carbocycles. The van der Waals surface area contributed by atoms with E-state index in [1.807, 2.05) is 0 Å². The van der Waals surface area contributed by atoms with Crippen molar-refractivity contribution in [3.05, 3.63) is 22.4 Å². The van der Waals surface area contributed by atoms with Crippen LogP contribution in [0.4, 0.5) is 0 Å². The molecule has 1 aromatic rings. The van der Waals surface area contributed by atoms with Crippen molar-refractivity contribution < 1.29 is 4.74 Å². The van der Waals surface area contributed by atoms with Gasteiger partial charge in [-0.1, -0.05) is 0 Å². The van der Waals surface area contributed by atoms with Gasteiger partial charge in [-0.25, -0.2) is 0 Å². The van der Waals surface area contributed by atoms with E-state index in [1.165, 1.54) is 31.5 Å². The minimum Gasteiger partial charge on any atom is -0.383 e. The molecule has 0 saturated carbocycles. The maximum atomic E-state index is 5.04. The molecule has 0 radical (unpaired) electrons. The summed E-state index contributed by atoms with van der Waals surface area (Å²) < 4.78 is 5.04. The van der Waals surface area contributed by atoms with Gasteiger partial charge < -0.3 is 10.1 Å². The molecule has 4 heteroatoms. The zero-order valence-electron chi connectivity index (χ0n) is 11.2. The highest BCUT2D eigenvalue weighted by Gasteiger charge is 2.18. The largest absolute Gasteiger partial charge is 0.383 e. The van der Waals surface area contributed by atoms with Gasteiger partial charge in [-0.15, -0.1) is 0 Å². The molecule has 0 unspecified atom stereocenters. The molecule has 0 amide bonds. The van der Waals surface area contributed by atoms with Gasteiger partial charge in [0, 0.05) is 20.2 Å². The van der Waals surface area contributed by atoms with Gasteiger partial charge in [-0.2, -0.15) is 11.3 Å². The summed E-state index contributed by atoms with van der Waals surface area (Å²) in [6.07, 6.45) is 2.65. The summed E-state index contributed by atoms with van der Waals surface area (Å²) in [6, 6.07) is 2.24. The fourth-order valence-electron chi connectivity index (χ4n) is 2.47. The molecule has 0 atom stereocenters. The lowest BCUT2D eigenvalue weighted by atomic mass is 9.96. The van der Waals surface area contributed by atoms with Gasteiger partial charge in [0.1, 0.15) is 0 Å². The fourth-order valence-corrected chi connectivity index (χ4v) is 3.13. The predicted molar refractivity (Wildman–Crippen MR) is 77.1 cm³/mol. The number of nitrogens with one attached hydrogen (secondary N) is 1. The van der Waals surface area contributed by atoms with Gasteiger partial charge in [-0.05, 0) is 60.8 Å². The summed E-state index contributed by atoms with van der Waals surface area (Å²) >= 11 is 1.80. The van der Waals surface area contributed by atoms with Crippen molar-refractivity contribution in [3.63, 3.8) is 0 Å². The first kappa shape index (κ1) is 14.0. The molecule has 1 fully saturated rings. The average molecular weight is 268 g/mol. The molecule has 1 aliphatic heterocycles. The van der Waals surface area contributed by atoms with Crippen LogP contribution in [0.1, 0.15) is 18.4 Å². The number of hydrogen-bond acceptors (Lipinski definition) is 4. The number of ether oxygens (including phenoxy) is 1. The Morgan fingerprint density at radius 1 is 1.44 bits per heavy atom. The van der Waals surface area contributed by atoms with Crippen molar-refractivity contribution in [2.24, 2.45) is 5.92 Å². The van der Waals surface area contributed by atoms with E-state index in [4.69, 9.17) is 4.74 Å². The summed E-state index contributed by atoms with van der Waals surface area (Å²) in [6.45, 7) is 6.56. The van der Waals surface area contributed by atoms with Crippen LogP contribution < -0.4 is 5.32 Å². The summed E-state index contributed by atoms with van der Waals surface area (Å²) in [5.41, 5.74) is 1.47. The quantitative estimate of drug-likeness (QED) is 0.767. The Morgan fingerprint density at radius 3 is 2.94 bits per heavy atom. The maximum absolute atomic E-state index is 5.04. The zero-order chi connectivity index (χ0) is 12.6. The molecule has 0 aromatic carbocycles. The number of piperidine rings is 1. The predicted octanol–water partition coefficient (Wildman–Crippen LogP) is 2.20. The van der Waals surface area contributed by atoms with E-state index < -0.39 is 0 Å². The zero-order valence-corrected chi connectivity index (χ0v) is 12.0. The van der Waals surface area contributed by atoms with Gasteiger partial charge in [-0.3, -0.25) is 4.90 Å². The number of likely N-dealkylation sites (tertiary alicyclic amines) is 1. The van der Waals surface area contributed by atoms with Gasteiger partial charge in [0.15, 0.2) is 0 Å². The highest BCUT2D eigenvalue weighted by atomic mass is 32.1. The molecule has 0 bridgehead atoms. The third-order valence-electron chi connectivity index (χ3n) is 3.61. The molecule has 2 heterocycles. The van der Waals surface area contributed by atoms with Crippen molar-refractivity contribution in [2.75, 3.05) is 39.9 Å². The van der Waals surface area contributed by atoms with E-state index in [2.05, 4.69) is 27.0 Å². The van der Waals surface area contributed by atoms with E-state index in [0.717, 1.165) is 32.2 Å². The second-order valence-corrected chi connectivity index (χ2v) is 5.83. The van der Waals surface area contributed by atoms with Crippen LogP contribution in [-0.4, -0.2) is 44.8 Å². The Bertz CT molecular complexity index is 308. The van der Waals surface area contributed by atoms with Crippen LogP contribution in [0.15, 0.2) is 16.8 Å². The van der Waals surface area contributed by atoms with Crippen LogP contribution in [0.5, 0.6) is 0 Å². The lowest BCUT2D eigenvalue weighted by Crippen LogP contribution is -2.37. The van der Waals surface area contributed by atoms with E-state index in [9.17, 15) is 0 Å². The van der Waals surface area contributed by atoms with E-state index in [-0.39, 0.29) is 0 Å². The topological polar surface area (TPSA) is 24.5 Å². The van der Waals surface area contributed by atoms with Gasteiger partial charge in [0.05, 0.1) is 6.61 Å². The van der Waals surface area contributed by atoms with Crippen molar-refractivity contribution in [3.8, 4) is 0 Å². The average Bonchev–Trinajstić information content (AvgIpc) is 2.89. The molecular weight excluding hydrogens is 244 g/mol. The van der Waals surface area contributed by atoms with Gasteiger partial charge >= 0.3 is 0 Å². The van der Waals surface area contributed by atoms with Crippen molar-refractivity contribution in [1.82, 2.24) is 10.2 Å². The fraction of sp³-hybridized carbons (Fsp3) is 0.714. The van der Waals surface area contributed by atoms with E-state index in [1.54, 1.807) is 18.4 Å². The molecule has 102 valence electrons. The Kier molecular flexibility index (Phi) is 6.14. The smallest absolute Gasteiger partial charge is 0.0587 e. The van der Waals surface area contributed by atoms with Gasteiger partial charge in [0.2, 0.25) is 0 Å². The number of nitrogens with zero attached hydrogens (tertiary/aromatic N) is 1. The molecular formula is C14H24N2OS. The SMILES string of the molecule is COCCNCC1CCN(Cc2ccsc2)CC1. The molecule has 1 aromatic heterocycles.